The van der Waals surface area contributed by atoms with Crippen molar-refractivity contribution >= 4 is 49.0 Å². The minimum Gasteiger partial charge on any atom is -0.493 e. The van der Waals surface area contributed by atoms with Gasteiger partial charge in [-0.1, -0.05) is 23.5 Å². The van der Waals surface area contributed by atoms with E-state index in [0.717, 1.165) is 10.9 Å². The van der Waals surface area contributed by atoms with Crippen molar-refractivity contribution in [1.82, 2.24) is 20.2 Å². The topological polar surface area (TPSA) is 138 Å². The lowest BCUT2D eigenvalue weighted by molar-refractivity contribution is 0.164. The van der Waals surface area contributed by atoms with Gasteiger partial charge in [-0.2, -0.15) is 0 Å². The monoisotopic (exact) mass is 528 g/mol. The van der Waals surface area contributed by atoms with Crippen LogP contribution in [0.1, 0.15) is 25.5 Å². The molecule has 0 aliphatic rings. The standard InChI is InChI=1S/C23H24N6O5S2/c1-5-33-23(30)29-36(4,31)16-8-6-15(7-9-16)14(2)34-20-11-18-17(10-19(20)32-3)21(25-12-24-18)27-22-28-26-13-35-22/h6-14H,5H2,1-4H3,(H,24,25,27,28). The summed E-state index contributed by atoms with van der Waals surface area (Å²) in [5.41, 5.74) is 3.11. The molecule has 13 heteroatoms. The third-order valence-electron chi connectivity index (χ3n) is 5.11. The largest absolute Gasteiger partial charge is 0.493 e. The van der Waals surface area contributed by atoms with Crippen molar-refractivity contribution in [3.05, 3.63) is 53.8 Å². The average Bonchev–Trinajstić information content (AvgIpc) is 3.37. The Labute approximate surface area is 212 Å². The van der Waals surface area contributed by atoms with Crippen molar-refractivity contribution in [2.45, 2.75) is 24.8 Å². The van der Waals surface area contributed by atoms with Crippen LogP contribution < -0.4 is 14.8 Å². The Kier molecular flexibility index (Phi) is 7.60. The van der Waals surface area contributed by atoms with Crippen LogP contribution in [0.2, 0.25) is 0 Å². The summed E-state index contributed by atoms with van der Waals surface area (Å²) >= 11 is 1.36. The molecule has 2 atom stereocenters. The zero-order valence-electron chi connectivity index (χ0n) is 20.0. The highest BCUT2D eigenvalue weighted by atomic mass is 32.2. The summed E-state index contributed by atoms with van der Waals surface area (Å²) in [5, 5.41) is 12.3. The van der Waals surface area contributed by atoms with Crippen LogP contribution in [0.15, 0.2) is 57.5 Å². The number of nitrogens with one attached hydrogen (secondary N) is 1. The molecule has 11 nitrogen and oxygen atoms in total. The smallest absolute Gasteiger partial charge is 0.442 e. The molecule has 2 heterocycles. The number of amides is 1. The van der Waals surface area contributed by atoms with Gasteiger partial charge in [-0.25, -0.2) is 19.0 Å². The number of anilines is 2. The number of methoxy groups -OCH3 is 1. The molecule has 188 valence electrons. The predicted octanol–water partition coefficient (Wildman–Crippen LogP) is 4.99. The number of fused-ring (bicyclic) bond motifs is 1. The lowest BCUT2D eigenvalue weighted by Crippen LogP contribution is -2.07. The fourth-order valence-electron chi connectivity index (χ4n) is 3.34. The average molecular weight is 529 g/mol. The van der Waals surface area contributed by atoms with Crippen LogP contribution in [0.5, 0.6) is 11.5 Å². The minimum atomic E-state index is -2.93. The van der Waals surface area contributed by atoms with E-state index in [1.807, 2.05) is 6.92 Å². The minimum absolute atomic E-state index is 0.164. The fourth-order valence-corrected chi connectivity index (χ4v) is 4.87. The Morgan fingerprint density at radius 2 is 1.97 bits per heavy atom. The van der Waals surface area contributed by atoms with Gasteiger partial charge in [0.1, 0.15) is 23.8 Å². The summed E-state index contributed by atoms with van der Waals surface area (Å²) in [6.45, 7) is 3.71. The third kappa shape index (κ3) is 5.69. The Morgan fingerprint density at radius 1 is 1.19 bits per heavy atom. The van der Waals surface area contributed by atoms with E-state index in [9.17, 15) is 9.00 Å². The number of carbonyl (C=O) groups excluding carboxylic acids is 1. The van der Waals surface area contributed by atoms with E-state index in [4.69, 9.17) is 14.2 Å². The van der Waals surface area contributed by atoms with Crippen LogP contribution in [0.4, 0.5) is 15.7 Å². The van der Waals surface area contributed by atoms with Crippen LogP contribution in [-0.2, 0) is 14.5 Å². The summed E-state index contributed by atoms with van der Waals surface area (Å²) in [5.74, 6) is 1.58. The molecule has 0 bridgehead atoms. The van der Waals surface area contributed by atoms with E-state index in [-0.39, 0.29) is 12.7 Å². The second-order valence-corrected chi connectivity index (χ2v) is 10.6. The van der Waals surface area contributed by atoms with Crippen LogP contribution in [0.3, 0.4) is 0 Å². The molecule has 0 aliphatic carbocycles. The predicted molar refractivity (Wildman–Crippen MR) is 137 cm³/mol. The highest BCUT2D eigenvalue weighted by molar-refractivity contribution is 7.93. The van der Waals surface area contributed by atoms with Gasteiger partial charge < -0.3 is 19.5 Å². The molecular weight excluding hydrogens is 504 g/mol. The summed E-state index contributed by atoms with van der Waals surface area (Å²) in [6, 6.07) is 10.5. The number of ether oxygens (including phenoxy) is 3. The van der Waals surface area contributed by atoms with Crippen LogP contribution in [0, 0.1) is 0 Å². The second kappa shape index (κ2) is 10.8. The van der Waals surface area contributed by atoms with Gasteiger partial charge in [-0.3, -0.25) is 0 Å². The lowest BCUT2D eigenvalue weighted by atomic mass is 10.1. The fraction of sp³-hybridized carbons (Fsp3) is 0.261. The Balaban J connectivity index is 1.58. The number of hydrogen-bond donors (Lipinski definition) is 1. The summed E-state index contributed by atoms with van der Waals surface area (Å²) in [4.78, 5) is 20.7. The quantitative estimate of drug-likeness (QED) is 0.333. The molecule has 0 saturated heterocycles. The molecule has 0 radical (unpaired) electrons. The van der Waals surface area contributed by atoms with E-state index in [2.05, 4.69) is 29.8 Å². The Morgan fingerprint density at radius 3 is 2.64 bits per heavy atom. The maximum Gasteiger partial charge on any atom is 0.442 e. The van der Waals surface area contributed by atoms with Crippen molar-refractivity contribution in [2.75, 3.05) is 25.3 Å². The zero-order chi connectivity index (χ0) is 25.7. The first-order valence-corrected chi connectivity index (χ1v) is 13.6. The SMILES string of the molecule is CCOC(=O)N=S(C)(=O)c1ccc(C(C)Oc2cc3ncnc(Nc4nncs4)c3cc2OC)cc1. The summed E-state index contributed by atoms with van der Waals surface area (Å²) in [7, 11) is -1.37. The molecule has 4 aromatic rings. The Bertz CT molecular complexity index is 1490. The number of nitrogens with zero attached hydrogens (tertiary/aromatic N) is 5. The lowest BCUT2D eigenvalue weighted by Gasteiger charge is -2.18. The van der Waals surface area contributed by atoms with E-state index in [0.29, 0.717) is 32.9 Å². The molecule has 2 aromatic heterocycles. The van der Waals surface area contributed by atoms with Crippen molar-refractivity contribution in [1.29, 1.82) is 0 Å². The van der Waals surface area contributed by atoms with E-state index < -0.39 is 15.8 Å². The highest BCUT2D eigenvalue weighted by Crippen LogP contribution is 2.37. The van der Waals surface area contributed by atoms with Crippen LogP contribution in [-0.4, -0.2) is 50.4 Å². The van der Waals surface area contributed by atoms with E-state index in [1.165, 1.54) is 23.9 Å². The molecule has 1 N–H and O–H groups in total. The van der Waals surface area contributed by atoms with Crippen LogP contribution in [0.25, 0.3) is 10.9 Å². The molecule has 0 spiro atoms. The van der Waals surface area contributed by atoms with Gasteiger partial charge in [0, 0.05) is 22.6 Å². The molecule has 0 aliphatic heterocycles. The van der Waals surface area contributed by atoms with Gasteiger partial charge in [0.05, 0.1) is 29.0 Å². The van der Waals surface area contributed by atoms with Crippen molar-refractivity contribution < 1.29 is 23.2 Å². The molecule has 4 rings (SSSR count). The molecule has 36 heavy (non-hydrogen) atoms. The number of benzene rings is 2. The van der Waals surface area contributed by atoms with Gasteiger partial charge in [-0.05, 0) is 37.6 Å². The molecule has 2 unspecified atom stereocenters. The molecule has 1 amide bonds. The number of hydrogen-bond acceptors (Lipinski definition) is 11. The molecule has 2 aromatic carbocycles. The van der Waals surface area contributed by atoms with E-state index in [1.54, 1.807) is 55.9 Å². The molecular formula is C23H24N6O5S2. The van der Waals surface area contributed by atoms with Crippen molar-refractivity contribution in [2.24, 2.45) is 4.36 Å². The van der Waals surface area contributed by atoms with E-state index >= 15 is 0 Å². The second-order valence-electron chi connectivity index (χ2n) is 7.53. The van der Waals surface area contributed by atoms with Crippen LogP contribution >= 0.6 is 11.3 Å². The van der Waals surface area contributed by atoms with Crippen molar-refractivity contribution in [3.63, 3.8) is 0 Å². The first-order chi connectivity index (χ1) is 17.3. The van der Waals surface area contributed by atoms with Gasteiger partial charge in [0.15, 0.2) is 11.5 Å². The van der Waals surface area contributed by atoms with Gasteiger partial charge >= 0.3 is 6.09 Å². The normalized spacial score (nSPS) is 13.4. The van der Waals surface area contributed by atoms with Gasteiger partial charge in [0.25, 0.3) is 0 Å². The maximum atomic E-state index is 12.8. The van der Waals surface area contributed by atoms with Gasteiger partial charge in [-0.15, -0.1) is 14.6 Å². The molecule has 0 fully saturated rings. The third-order valence-corrected chi connectivity index (χ3v) is 7.36. The van der Waals surface area contributed by atoms with Crippen molar-refractivity contribution in [3.8, 4) is 11.5 Å². The first-order valence-electron chi connectivity index (χ1n) is 10.8. The number of aromatic nitrogens is 4. The number of carbonyl (C=O) groups is 1. The zero-order valence-corrected chi connectivity index (χ0v) is 21.6. The van der Waals surface area contributed by atoms with Gasteiger partial charge in [0.2, 0.25) is 5.13 Å². The maximum absolute atomic E-state index is 12.8. The summed E-state index contributed by atoms with van der Waals surface area (Å²) < 4.78 is 33.1. The Hall–Kier alpha value is -3.84. The first kappa shape index (κ1) is 25.3. The summed E-state index contributed by atoms with van der Waals surface area (Å²) in [6.07, 6.45) is 1.63. The number of rotatable bonds is 8. The highest BCUT2D eigenvalue weighted by Gasteiger charge is 2.17. The molecule has 0 saturated carbocycles.